The monoisotopic (exact) mass is 310 g/mol. The van der Waals surface area contributed by atoms with E-state index in [1.54, 1.807) is 4.90 Å². The van der Waals surface area contributed by atoms with Crippen LogP contribution in [0.3, 0.4) is 0 Å². The van der Waals surface area contributed by atoms with Crippen LogP contribution in [0.2, 0.25) is 0 Å². The lowest BCUT2D eigenvalue weighted by atomic mass is 10.1. The Morgan fingerprint density at radius 1 is 1.22 bits per heavy atom. The molecule has 0 spiro atoms. The molecular formula is C19H22N2O2. The molecule has 1 heterocycles. The van der Waals surface area contributed by atoms with E-state index in [9.17, 15) is 4.79 Å². The zero-order chi connectivity index (χ0) is 16.4. The summed E-state index contributed by atoms with van der Waals surface area (Å²) in [5.41, 5.74) is 3.91. The third-order valence-electron chi connectivity index (χ3n) is 4.01. The molecule has 3 rings (SSSR count). The summed E-state index contributed by atoms with van der Waals surface area (Å²) in [7, 11) is 0. The van der Waals surface area contributed by atoms with E-state index in [0.29, 0.717) is 6.54 Å². The fourth-order valence-electron chi connectivity index (χ4n) is 2.94. The lowest BCUT2D eigenvalue weighted by molar-refractivity contribution is 0.188. The summed E-state index contributed by atoms with van der Waals surface area (Å²) in [5.74, 6) is 0.765. The number of fused-ring (bicyclic) bond motifs is 1. The quantitative estimate of drug-likeness (QED) is 0.886. The normalized spacial score (nSPS) is 16.5. The first-order valence-corrected chi connectivity index (χ1v) is 7.99. The third-order valence-corrected chi connectivity index (χ3v) is 4.01. The highest BCUT2D eigenvalue weighted by Gasteiger charge is 2.28. The van der Waals surface area contributed by atoms with Crippen LogP contribution >= 0.6 is 0 Å². The van der Waals surface area contributed by atoms with Crippen LogP contribution in [0.1, 0.15) is 24.5 Å². The maximum absolute atomic E-state index is 12.8. The maximum atomic E-state index is 12.8. The number of nitrogens with zero attached hydrogens (tertiary/aromatic N) is 1. The minimum absolute atomic E-state index is 0.0231. The van der Waals surface area contributed by atoms with Crippen LogP contribution in [0, 0.1) is 13.8 Å². The van der Waals surface area contributed by atoms with Crippen LogP contribution in [-0.2, 0) is 0 Å². The third kappa shape index (κ3) is 3.31. The van der Waals surface area contributed by atoms with Crippen molar-refractivity contribution in [1.29, 1.82) is 0 Å². The number of hydrogen-bond donors (Lipinski definition) is 1. The first-order valence-electron chi connectivity index (χ1n) is 7.99. The summed E-state index contributed by atoms with van der Waals surface area (Å²) in [6, 6.07) is 13.6. The van der Waals surface area contributed by atoms with Gasteiger partial charge in [-0.3, -0.25) is 4.90 Å². The molecular weight excluding hydrogens is 288 g/mol. The van der Waals surface area contributed by atoms with E-state index in [4.69, 9.17) is 4.74 Å². The molecule has 0 unspecified atom stereocenters. The van der Waals surface area contributed by atoms with Gasteiger partial charge in [-0.15, -0.1) is 0 Å². The van der Waals surface area contributed by atoms with Crippen LogP contribution in [0.25, 0.3) is 0 Å². The van der Waals surface area contributed by atoms with Gasteiger partial charge in [0.1, 0.15) is 11.9 Å². The molecule has 2 aromatic carbocycles. The molecule has 0 radical (unpaired) electrons. The molecule has 4 heteroatoms. The van der Waals surface area contributed by atoms with Crippen molar-refractivity contribution in [3.8, 4) is 5.75 Å². The van der Waals surface area contributed by atoms with Crippen molar-refractivity contribution >= 4 is 17.4 Å². The fraction of sp³-hybridized carbons (Fsp3) is 0.316. The molecule has 2 aromatic rings. The minimum Gasteiger partial charge on any atom is -0.486 e. The summed E-state index contributed by atoms with van der Waals surface area (Å²) in [4.78, 5) is 14.5. The van der Waals surface area contributed by atoms with Gasteiger partial charge in [-0.2, -0.15) is 0 Å². The standard InChI is InChI=1S/C19H22N2O2/c1-4-16-12-21(17-7-5-6-8-18(17)23-16)19(22)20-15-10-13(2)9-14(3)11-15/h5-11,16H,4,12H2,1-3H3,(H,20,22)/t16-/m0/s1. The molecule has 0 aromatic heterocycles. The van der Waals surface area contributed by atoms with Crippen molar-refractivity contribution in [3.63, 3.8) is 0 Å². The van der Waals surface area contributed by atoms with E-state index >= 15 is 0 Å². The van der Waals surface area contributed by atoms with Gasteiger partial charge < -0.3 is 10.1 Å². The Morgan fingerprint density at radius 2 is 1.91 bits per heavy atom. The Bertz CT molecular complexity index is 707. The highest BCUT2D eigenvalue weighted by atomic mass is 16.5. The van der Waals surface area contributed by atoms with Crippen LogP contribution in [0.15, 0.2) is 42.5 Å². The van der Waals surface area contributed by atoms with Crippen LogP contribution < -0.4 is 15.0 Å². The molecule has 4 nitrogen and oxygen atoms in total. The summed E-state index contributed by atoms with van der Waals surface area (Å²) in [5, 5.41) is 3.01. The number of urea groups is 1. The molecule has 1 atom stereocenters. The van der Waals surface area contributed by atoms with Crippen molar-refractivity contribution in [3.05, 3.63) is 53.6 Å². The smallest absolute Gasteiger partial charge is 0.326 e. The van der Waals surface area contributed by atoms with Gasteiger partial charge in [-0.1, -0.05) is 25.1 Å². The number of nitrogens with one attached hydrogen (secondary N) is 1. The molecule has 1 aliphatic rings. The number of carbonyl (C=O) groups excluding carboxylic acids is 1. The molecule has 0 saturated heterocycles. The molecule has 0 saturated carbocycles. The van der Waals surface area contributed by atoms with Crippen molar-refractivity contribution < 1.29 is 9.53 Å². The number of aryl methyl sites for hydroxylation is 2. The molecule has 1 N–H and O–H groups in total. The Hall–Kier alpha value is -2.49. The van der Waals surface area contributed by atoms with Gasteiger partial charge >= 0.3 is 6.03 Å². The highest BCUT2D eigenvalue weighted by Crippen LogP contribution is 2.34. The van der Waals surface area contributed by atoms with Crippen molar-refractivity contribution in [2.24, 2.45) is 0 Å². The zero-order valence-corrected chi connectivity index (χ0v) is 13.8. The molecule has 120 valence electrons. The molecule has 0 aliphatic carbocycles. The Balaban J connectivity index is 1.86. The molecule has 2 amide bonds. The van der Waals surface area contributed by atoms with Gasteiger partial charge in [0.2, 0.25) is 0 Å². The number of carbonyl (C=O) groups is 1. The number of benzene rings is 2. The number of para-hydroxylation sites is 2. The number of hydrogen-bond acceptors (Lipinski definition) is 2. The van der Waals surface area contributed by atoms with E-state index in [1.807, 2.05) is 50.2 Å². The van der Waals surface area contributed by atoms with Crippen LogP contribution in [-0.4, -0.2) is 18.7 Å². The maximum Gasteiger partial charge on any atom is 0.326 e. The largest absolute Gasteiger partial charge is 0.486 e. The lowest BCUT2D eigenvalue weighted by Crippen LogP contribution is -2.45. The van der Waals surface area contributed by atoms with Crippen molar-refractivity contribution in [1.82, 2.24) is 0 Å². The average Bonchev–Trinajstić information content (AvgIpc) is 2.52. The van der Waals surface area contributed by atoms with Gasteiger partial charge in [-0.25, -0.2) is 4.79 Å². The second kappa shape index (κ2) is 6.32. The van der Waals surface area contributed by atoms with E-state index in [2.05, 4.69) is 18.3 Å². The predicted molar refractivity (Wildman–Crippen MR) is 93.4 cm³/mol. The van der Waals surface area contributed by atoms with Crippen LogP contribution in [0.4, 0.5) is 16.2 Å². The van der Waals surface area contributed by atoms with Gasteiger partial charge in [0, 0.05) is 5.69 Å². The summed E-state index contributed by atoms with van der Waals surface area (Å²) in [6.45, 7) is 6.68. The Labute approximate surface area is 137 Å². The average molecular weight is 310 g/mol. The summed E-state index contributed by atoms with van der Waals surface area (Å²) in [6.07, 6.45) is 0.886. The number of rotatable bonds is 2. The van der Waals surface area contributed by atoms with E-state index in [-0.39, 0.29) is 12.1 Å². The summed E-state index contributed by atoms with van der Waals surface area (Å²) >= 11 is 0. The SMILES string of the molecule is CC[C@H]1CN(C(=O)Nc2cc(C)cc(C)c2)c2ccccc2O1. The fourth-order valence-corrected chi connectivity index (χ4v) is 2.94. The van der Waals surface area contributed by atoms with Gasteiger partial charge in [-0.05, 0) is 55.7 Å². The zero-order valence-electron chi connectivity index (χ0n) is 13.8. The van der Waals surface area contributed by atoms with E-state index < -0.39 is 0 Å². The molecule has 1 aliphatic heterocycles. The van der Waals surface area contributed by atoms with E-state index in [1.165, 1.54) is 0 Å². The van der Waals surface area contributed by atoms with Gasteiger partial charge in [0.25, 0.3) is 0 Å². The first-order chi connectivity index (χ1) is 11.1. The number of amides is 2. The predicted octanol–water partition coefficient (Wildman–Crippen LogP) is 4.51. The Morgan fingerprint density at radius 3 is 2.61 bits per heavy atom. The molecule has 0 bridgehead atoms. The van der Waals surface area contributed by atoms with Crippen molar-refractivity contribution in [2.75, 3.05) is 16.8 Å². The first kappa shape index (κ1) is 15.4. The van der Waals surface area contributed by atoms with Gasteiger partial charge in [0.05, 0.1) is 12.2 Å². The number of anilines is 2. The molecule has 23 heavy (non-hydrogen) atoms. The Kier molecular flexibility index (Phi) is 4.24. The van der Waals surface area contributed by atoms with Gasteiger partial charge in [0.15, 0.2) is 0 Å². The second-order valence-electron chi connectivity index (χ2n) is 6.03. The topological polar surface area (TPSA) is 41.6 Å². The van der Waals surface area contributed by atoms with Crippen LogP contribution in [0.5, 0.6) is 5.75 Å². The summed E-state index contributed by atoms with van der Waals surface area (Å²) < 4.78 is 5.93. The lowest BCUT2D eigenvalue weighted by Gasteiger charge is -2.34. The van der Waals surface area contributed by atoms with E-state index in [0.717, 1.165) is 34.7 Å². The van der Waals surface area contributed by atoms with Crippen molar-refractivity contribution in [2.45, 2.75) is 33.3 Å². The second-order valence-corrected chi connectivity index (χ2v) is 6.03. The highest BCUT2D eigenvalue weighted by molar-refractivity contribution is 6.03. The molecule has 0 fully saturated rings. The number of ether oxygens (including phenoxy) is 1. The minimum atomic E-state index is -0.121.